The molecule has 0 aliphatic heterocycles. The summed E-state index contributed by atoms with van der Waals surface area (Å²) in [5, 5.41) is 2.80. The van der Waals surface area contributed by atoms with Crippen LogP contribution in [-0.2, 0) is 9.53 Å². The van der Waals surface area contributed by atoms with Gasteiger partial charge in [0.2, 0.25) is 5.91 Å². The number of alkyl carbamates (subject to hydrolysis) is 1. The van der Waals surface area contributed by atoms with E-state index in [1.165, 1.54) is 0 Å². The first kappa shape index (κ1) is 23.5. The first-order chi connectivity index (χ1) is 13.9. The van der Waals surface area contributed by atoms with E-state index in [1.807, 2.05) is 81.4 Å². The van der Waals surface area contributed by atoms with E-state index >= 15 is 0 Å². The van der Waals surface area contributed by atoms with Crippen molar-refractivity contribution in [3.63, 3.8) is 0 Å². The molecule has 0 saturated carbocycles. The summed E-state index contributed by atoms with van der Waals surface area (Å²) in [6.45, 7) is 11.2. The van der Waals surface area contributed by atoms with Crippen LogP contribution in [0.15, 0.2) is 60.7 Å². The quantitative estimate of drug-likeness (QED) is 0.739. The van der Waals surface area contributed by atoms with Gasteiger partial charge in [0, 0.05) is 7.05 Å². The largest absolute Gasteiger partial charge is 0.444 e. The van der Waals surface area contributed by atoms with Crippen molar-refractivity contribution in [2.45, 2.75) is 59.2 Å². The van der Waals surface area contributed by atoms with Gasteiger partial charge in [-0.2, -0.15) is 0 Å². The lowest BCUT2D eigenvalue weighted by molar-refractivity contribution is -0.136. The second-order valence-electron chi connectivity index (χ2n) is 9.62. The van der Waals surface area contributed by atoms with Crippen LogP contribution >= 0.6 is 0 Å². The van der Waals surface area contributed by atoms with Crippen LogP contribution < -0.4 is 5.32 Å². The van der Waals surface area contributed by atoms with Crippen LogP contribution in [-0.4, -0.2) is 35.6 Å². The summed E-state index contributed by atoms with van der Waals surface area (Å²) < 4.78 is 5.40. The number of ether oxygens (including phenoxy) is 1. The maximum absolute atomic E-state index is 13.6. The van der Waals surface area contributed by atoms with Crippen LogP contribution in [0.4, 0.5) is 4.79 Å². The highest BCUT2D eigenvalue weighted by molar-refractivity contribution is 5.87. The van der Waals surface area contributed by atoms with E-state index in [0.29, 0.717) is 0 Å². The summed E-state index contributed by atoms with van der Waals surface area (Å²) in [5.74, 6) is -0.175. The molecule has 0 heterocycles. The highest BCUT2D eigenvalue weighted by Gasteiger charge is 2.38. The van der Waals surface area contributed by atoms with E-state index in [0.717, 1.165) is 11.1 Å². The number of carbonyl (C=O) groups is 2. The third kappa shape index (κ3) is 6.34. The summed E-state index contributed by atoms with van der Waals surface area (Å²) in [4.78, 5) is 27.8. The molecule has 2 rings (SSSR count). The van der Waals surface area contributed by atoms with Crippen molar-refractivity contribution in [3.8, 4) is 0 Å². The second-order valence-corrected chi connectivity index (χ2v) is 9.62. The minimum atomic E-state index is -0.743. The summed E-state index contributed by atoms with van der Waals surface area (Å²) >= 11 is 0. The molecule has 0 aliphatic rings. The number of carbonyl (C=O) groups excluding carboxylic acids is 2. The molecule has 2 aromatic carbocycles. The third-order valence-corrected chi connectivity index (χ3v) is 4.74. The van der Waals surface area contributed by atoms with Gasteiger partial charge < -0.3 is 15.0 Å². The van der Waals surface area contributed by atoms with Crippen molar-refractivity contribution in [1.82, 2.24) is 10.2 Å². The maximum atomic E-state index is 13.6. The Balaban J connectivity index is 2.38. The Bertz CT molecular complexity index is 797. The van der Waals surface area contributed by atoms with E-state index in [-0.39, 0.29) is 11.9 Å². The molecule has 0 saturated heterocycles. The minimum absolute atomic E-state index is 0.175. The SMILES string of the molecule is CN(C(=O)[C@@H](NC(=O)OC(C)(C)C)C(C)(C)C)C(c1ccccc1)c1ccccc1. The minimum Gasteiger partial charge on any atom is -0.444 e. The molecule has 0 unspecified atom stereocenters. The van der Waals surface area contributed by atoms with Gasteiger partial charge in [-0.05, 0) is 37.3 Å². The molecule has 0 spiro atoms. The van der Waals surface area contributed by atoms with Gasteiger partial charge in [-0.1, -0.05) is 81.4 Å². The molecule has 1 atom stereocenters. The predicted octanol–water partition coefficient (Wildman–Crippen LogP) is 5.17. The van der Waals surface area contributed by atoms with Gasteiger partial charge in [-0.25, -0.2) is 4.79 Å². The molecule has 0 aromatic heterocycles. The predicted molar refractivity (Wildman–Crippen MR) is 120 cm³/mol. The van der Waals surface area contributed by atoms with Crippen molar-refractivity contribution in [2.24, 2.45) is 5.41 Å². The van der Waals surface area contributed by atoms with Crippen molar-refractivity contribution < 1.29 is 14.3 Å². The van der Waals surface area contributed by atoms with Crippen LogP contribution in [0.2, 0.25) is 0 Å². The third-order valence-electron chi connectivity index (χ3n) is 4.74. The lowest BCUT2D eigenvalue weighted by Crippen LogP contribution is -2.55. The molecule has 0 fully saturated rings. The fraction of sp³-hybridized carbons (Fsp3) is 0.440. The monoisotopic (exact) mass is 410 g/mol. The van der Waals surface area contributed by atoms with Gasteiger partial charge >= 0.3 is 6.09 Å². The zero-order valence-electron chi connectivity index (χ0n) is 19.1. The Morgan fingerprint density at radius 1 is 0.833 bits per heavy atom. The average Bonchev–Trinajstić information content (AvgIpc) is 2.65. The smallest absolute Gasteiger partial charge is 0.408 e. The molecule has 0 radical (unpaired) electrons. The molecule has 2 amide bonds. The van der Waals surface area contributed by atoms with Crippen molar-refractivity contribution >= 4 is 12.0 Å². The van der Waals surface area contributed by atoms with E-state index in [9.17, 15) is 9.59 Å². The molecule has 30 heavy (non-hydrogen) atoms. The van der Waals surface area contributed by atoms with Gasteiger partial charge in [0.25, 0.3) is 0 Å². The van der Waals surface area contributed by atoms with E-state index in [2.05, 4.69) is 5.32 Å². The van der Waals surface area contributed by atoms with Crippen LogP contribution in [0, 0.1) is 5.41 Å². The van der Waals surface area contributed by atoms with Gasteiger partial charge in [0.15, 0.2) is 0 Å². The summed E-state index contributed by atoms with van der Waals surface area (Å²) in [5.41, 5.74) is 0.868. The topological polar surface area (TPSA) is 58.6 Å². The molecular weight excluding hydrogens is 376 g/mol. The zero-order chi connectivity index (χ0) is 22.5. The first-order valence-corrected chi connectivity index (χ1v) is 10.3. The van der Waals surface area contributed by atoms with Crippen LogP contribution in [0.1, 0.15) is 58.7 Å². The average molecular weight is 411 g/mol. The number of hydrogen-bond donors (Lipinski definition) is 1. The molecule has 0 bridgehead atoms. The summed E-state index contributed by atoms with van der Waals surface area (Å²) in [6.07, 6.45) is -0.597. The molecule has 1 N–H and O–H groups in total. The Kier molecular flexibility index (Phi) is 7.30. The Morgan fingerprint density at radius 3 is 1.63 bits per heavy atom. The van der Waals surface area contributed by atoms with Gasteiger partial charge in [0.1, 0.15) is 11.6 Å². The standard InChI is InChI=1S/C25H34N2O3/c1-24(2,3)21(26-23(29)30-25(4,5)6)22(28)27(7)20(18-14-10-8-11-15-18)19-16-12-9-13-17-19/h8-17,20-21H,1-7H3,(H,26,29)/t21-/m1/s1. The van der Waals surface area contributed by atoms with Gasteiger partial charge in [0.05, 0.1) is 6.04 Å². The first-order valence-electron chi connectivity index (χ1n) is 10.3. The van der Waals surface area contributed by atoms with Crippen molar-refractivity contribution in [1.29, 1.82) is 0 Å². The van der Waals surface area contributed by atoms with Crippen molar-refractivity contribution in [3.05, 3.63) is 71.8 Å². The Morgan fingerprint density at radius 2 is 1.27 bits per heavy atom. The number of nitrogens with one attached hydrogen (secondary N) is 1. The number of hydrogen-bond acceptors (Lipinski definition) is 3. The fourth-order valence-corrected chi connectivity index (χ4v) is 3.32. The lowest BCUT2D eigenvalue weighted by Gasteiger charge is -2.37. The maximum Gasteiger partial charge on any atom is 0.408 e. The zero-order valence-corrected chi connectivity index (χ0v) is 19.1. The summed E-state index contributed by atoms with van der Waals surface area (Å²) in [7, 11) is 1.78. The molecule has 0 aliphatic carbocycles. The van der Waals surface area contributed by atoms with Crippen LogP contribution in [0.3, 0.4) is 0 Å². The number of likely N-dealkylation sites (N-methyl/N-ethyl adjacent to an activating group) is 1. The van der Waals surface area contributed by atoms with E-state index in [4.69, 9.17) is 4.74 Å². The number of rotatable bonds is 5. The van der Waals surface area contributed by atoms with Crippen LogP contribution in [0.25, 0.3) is 0 Å². The molecule has 162 valence electrons. The fourth-order valence-electron chi connectivity index (χ4n) is 3.32. The van der Waals surface area contributed by atoms with Crippen molar-refractivity contribution in [2.75, 3.05) is 7.05 Å². The number of amides is 2. The molecule has 2 aromatic rings. The normalized spacial score (nSPS) is 12.9. The highest BCUT2D eigenvalue weighted by atomic mass is 16.6. The highest BCUT2D eigenvalue weighted by Crippen LogP contribution is 2.30. The lowest BCUT2D eigenvalue weighted by atomic mass is 9.85. The number of nitrogens with zero attached hydrogens (tertiary/aromatic N) is 1. The second kappa shape index (κ2) is 9.33. The summed E-state index contributed by atoms with van der Waals surface area (Å²) in [6, 6.07) is 18.8. The Hall–Kier alpha value is -2.82. The van der Waals surface area contributed by atoms with E-state index < -0.39 is 23.2 Å². The van der Waals surface area contributed by atoms with E-state index in [1.54, 1.807) is 32.7 Å². The van der Waals surface area contributed by atoms with Crippen LogP contribution in [0.5, 0.6) is 0 Å². The van der Waals surface area contributed by atoms with Gasteiger partial charge in [-0.15, -0.1) is 0 Å². The number of benzene rings is 2. The molecule has 5 nitrogen and oxygen atoms in total. The molecular formula is C25H34N2O3. The van der Waals surface area contributed by atoms with Gasteiger partial charge in [-0.3, -0.25) is 4.79 Å². The Labute approximate surface area is 180 Å². The molecule has 5 heteroatoms.